The Morgan fingerprint density at radius 3 is 2.88 bits per heavy atom. The summed E-state index contributed by atoms with van der Waals surface area (Å²) in [6, 6.07) is 7.60. The molecule has 3 N–H and O–H groups in total. The van der Waals surface area contributed by atoms with Crippen molar-refractivity contribution < 1.29 is 9.47 Å². The fraction of sp³-hybridized carbons (Fsp3) is 0.588. The summed E-state index contributed by atoms with van der Waals surface area (Å²) in [5, 5.41) is 3.84. The fourth-order valence-corrected chi connectivity index (χ4v) is 2.80. The second-order valence-electron chi connectivity index (χ2n) is 5.74. The Morgan fingerprint density at radius 2 is 2.20 bits per heavy atom. The zero-order chi connectivity index (χ0) is 17.2. The maximum atomic E-state index is 6.02. The zero-order valence-corrected chi connectivity index (χ0v) is 17.7. The molecule has 0 amide bonds. The third-order valence-electron chi connectivity index (χ3n) is 3.99. The van der Waals surface area contributed by atoms with Crippen LogP contribution >= 0.6 is 35.6 Å². The molecule has 0 saturated carbocycles. The number of benzene rings is 1. The molecule has 25 heavy (non-hydrogen) atoms. The molecule has 8 heteroatoms. The molecule has 6 nitrogen and oxygen atoms in total. The molecule has 1 aromatic rings. The van der Waals surface area contributed by atoms with Crippen molar-refractivity contribution in [3.05, 3.63) is 34.9 Å². The van der Waals surface area contributed by atoms with Gasteiger partial charge in [-0.1, -0.05) is 23.7 Å². The summed E-state index contributed by atoms with van der Waals surface area (Å²) in [5.74, 6) is 0.445. The minimum atomic E-state index is -0.155. The molecular weight excluding hydrogens is 455 g/mol. The molecule has 2 rings (SSSR count). The highest BCUT2D eigenvalue weighted by molar-refractivity contribution is 14.0. The number of guanidine groups is 1. The van der Waals surface area contributed by atoms with Crippen LogP contribution in [0, 0.1) is 0 Å². The van der Waals surface area contributed by atoms with Crippen molar-refractivity contribution in [1.29, 1.82) is 0 Å². The van der Waals surface area contributed by atoms with Crippen molar-refractivity contribution in [3.63, 3.8) is 0 Å². The van der Waals surface area contributed by atoms with E-state index in [1.807, 2.05) is 24.3 Å². The van der Waals surface area contributed by atoms with Crippen LogP contribution in [0.3, 0.4) is 0 Å². The largest absolute Gasteiger partial charge is 0.379 e. The van der Waals surface area contributed by atoms with Crippen molar-refractivity contribution in [1.82, 2.24) is 10.2 Å². The normalized spacial score (nSPS) is 17.0. The number of halogens is 2. The maximum Gasteiger partial charge on any atom is 0.188 e. The third kappa shape index (κ3) is 8.54. The number of hydrogen-bond donors (Lipinski definition) is 2. The van der Waals surface area contributed by atoms with Gasteiger partial charge in [0.1, 0.15) is 6.10 Å². The van der Waals surface area contributed by atoms with Crippen LogP contribution in [0.25, 0.3) is 0 Å². The van der Waals surface area contributed by atoms with E-state index in [9.17, 15) is 0 Å². The topological polar surface area (TPSA) is 72.1 Å². The summed E-state index contributed by atoms with van der Waals surface area (Å²) in [6.45, 7) is 6.00. The Morgan fingerprint density at radius 1 is 1.44 bits per heavy atom. The molecule has 1 heterocycles. The van der Waals surface area contributed by atoms with Crippen LogP contribution in [-0.2, 0) is 9.47 Å². The van der Waals surface area contributed by atoms with Gasteiger partial charge in [0.2, 0.25) is 0 Å². The third-order valence-corrected chi connectivity index (χ3v) is 4.23. The molecule has 1 aliphatic heterocycles. The first-order chi connectivity index (χ1) is 11.7. The Hall–Kier alpha value is -0.610. The van der Waals surface area contributed by atoms with Crippen LogP contribution in [0.15, 0.2) is 29.3 Å². The van der Waals surface area contributed by atoms with Crippen molar-refractivity contribution in [2.75, 3.05) is 53.0 Å². The minimum absolute atomic E-state index is 0. The summed E-state index contributed by atoms with van der Waals surface area (Å²) >= 11 is 6.02. The van der Waals surface area contributed by atoms with E-state index in [-0.39, 0.29) is 30.1 Å². The van der Waals surface area contributed by atoms with Gasteiger partial charge < -0.3 is 20.5 Å². The molecule has 1 saturated heterocycles. The predicted octanol–water partition coefficient (Wildman–Crippen LogP) is 2.27. The molecule has 1 aliphatic rings. The summed E-state index contributed by atoms with van der Waals surface area (Å²) in [6.07, 6.45) is 0.871. The number of nitrogens with two attached hydrogens (primary N) is 1. The van der Waals surface area contributed by atoms with Crippen LogP contribution in [-0.4, -0.2) is 63.9 Å². The van der Waals surface area contributed by atoms with Crippen LogP contribution < -0.4 is 11.1 Å². The molecule has 1 aromatic carbocycles. The molecule has 0 bridgehead atoms. The van der Waals surface area contributed by atoms with E-state index < -0.39 is 0 Å². The molecule has 0 radical (unpaired) electrons. The zero-order valence-electron chi connectivity index (χ0n) is 14.6. The van der Waals surface area contributed by atoms with Gasteiger partial charge in [-0.2, -0.15) is 0 Å². The molecule has 0 aliphatic carbocycles. The van der Waals surface area contributed by atoms with Gasteiger partial charge in [-0.15, -0.1) is 24.0 Å². The number of morpholine rings is 1. The highest BCUT2D eigenvalue weighted by atomic mass is 127. The average Bonchev–Trinajstić information content (AvgIpc) is 2.60. The van der Waals surface area contributed by atoms with Crippen molar-refractivity contribution >= 4 is 41.5 Å². The monoisotopic (exact) mass is 482 g/mol. The molecular formula is C17H28ClIN4O2. The van der Waals surface area contributed by atoms with E-state index in [4.69, 9.17) is 26.8 Å². The Labute approximate surface area is 172 Å². The highest BCUT2D eigenvalue weighted by Gasteiger charge is 2.11. The first-order valence-corrected chi connectivity index (χ1v) is 8.69. The Bertz CT molecular complexity index is 527. The van der Waals surface area contributed by atoms with Crippen molar-refractivity contribution in [3.8, 4) is 0 Å². The predicted molar refractivity (Wildman–Crippen MR) is 113 cm³/mol. The quantitative estimate of drug-likeness (QED) is 0.257. The second kappa shape index (κ2) is 12.7. The highest BCUT2D eigenvalue weighted by Crippen LogP contribution is 2.20. The standard InChI is InChI=1S/C17H27ClN4O2.HI/c1-23-16(14-4-2-5-15(18)12-14)13-21-17(19)20-6-3-7-22-8-10-24-11-9-22;/h2,4-5,12,16H,3,6-11,13H2,1H3,(H3,19,20,21);1H. The van der Waals surface area contributed by atoms with Gasteiger partial charge in [0.25, 0.3) is 0 Å². The van der Waals surface area contributed by atoms with Gasteiger partial charge in [0.05, 0.1) is 19.8 Å². The lowest BCUT2D eigenvalue weighted by molar-refractivity contribution is 0.0376. The lowest BCUT2D eigenvalue weighted by Gasteiger charge is -2.26. The van der Waals surface area contributed by atoms with Gasteiger partial charge in [0, 0.05) is 31.8 Å². The van der Waals surface area contributed by atoms with E-state index in [0.29, 0.717) is 17.5 Å². The summed E-state index contributed by atoms with van der Waals surface area (Å²) in [4.78, 5) is 6.77. The summed E-state index contributed by atoms with van der Waals surface area (Å²) < 4.78 is 10.8. The van der Waals surface area contributed by atoms with Gasteiger partial charge in [-0.25, -0.2) is 0 Å². The van der Waals surface area contributed by atoms with Crippen LogP contribution in [0.5, 0.6) is 0 Å². The van der Waals surface area contributed by atoms with Gasteiger partial charge >= 0.3 is 0 Å². The molecule has 1 fully saturated rings. The van der Waals surface area contributed by atoms with E-state index in [2.05, 4.69) is 15.2 Å². The molecule has 142 valence electrons. The summed E-state index contributed by atoms with van der Waals surface area (Å²) in [5.41, 5.74) is 6.92. The molecule has 1 atom stereocenters. The number of ether oxygens (including phenoxy) is 2. The van der Waals surface area contributed by atoms with E-state index in [1.54, 1.807) is 7.11 Å². The molecule has 0 aromatic heterocycles. The van der Waals surface area contributed by atoms with Gasteiger partial charge in [-0.05, 0) is 30.7 Å². The maximum absolute atomic E-state index is 6.02. The Balaban J connectivity index is 0.00000312. The van der Waals surface area contributed by atoms with E-state index in [1.165, 1.54) is 0 Å². The van der Waals surface area contributed by atoms with Crippen LogP contribution in [0.2, 0.25) is 5.02 Å². The van der Waals surface area contributed by atoms with Crippen LogP contribution in [0.1, 0.15) is 18.1 Å². The number of methoxy groups -OCH3 is 1. The number of nitrogens with one attached hydrogen (secondary N) is 1. The first-order valence-electron chi connectivity index (χ1n) is 8.31. The average molecular weight is 483 g/mol. The van der Waals surface area contributed by atoms with Gasteiger partial charge in [-0.3, -0.25) is 9.89 Å². The first kappa shape index (κ1) is 22.4. The lowest BCUT2D eigenvalue weighted by Crippen LogP contribution is -2.39. The molecule has 1 unspecified atom stereocenters. The Kier molecular flexibility index (Phi) is 11.4. The number of rotatable bonds is 8. The second-order valence-corrected chi connectivity index (χ2v) is 6.18. The van der Waals surface area contributed by atoms with E-state index in [0.717, 1.165) is 51.4 Å². The smallest absolute Gasteiger partial charge is 0.188 e. The number of aliphatic imine (C=N–C) groups is 1. The minimum Gasteiger partial charge on any atom is -0.379 e. The van der Waals surface area contributed by atoms with Crippen molar-refractivity contribution in [2.24, 2.45) is 10.7 Å². The summed E-state index contributed by atoms with van der Waals surface area (Å²) in [7, 11) is 1.66. The van der Waals surface area contributed by atoms with E-state index >= 15 is 0 Å². The van der Waals surface area contributed by atoms with Crippen molar-refractivity contribution in [2.45, 2.75) is 12.5 Å². The lowest BCUT2D eigenvalue weighted by atomic mass is 10.1. The number of nitrogens with zero attached hydrogens (tertiary/aromatic N) is 2. The fourth-order valence-electron chi connectivity index (χ4n) is 2.60. The van der Waals surface area contributed by atoms with Crippen LogP contribution in [0.4, 0.5) is 0 Å². The van der Waals surface area contributed by atoms with Gasteiger partial charge in [0.15, 0.2) is 5.96 Å². The number of hydrogen-bond acceptors (Lipinski definition) is 4. The SMILES string of the molecule is COC(CN=C(N)NCCCN1CCOCC1)c1cccc(Cl)c1.I. The molecule has 0 spiro atoms.